The van der Waals surface area contributed by atoms with Gasteiger partial charge in [0.2, 0.25) is 0 Å². The first kappa shape index (κ1) is 16.5. The van der Waals surface area contributed by atoms with E-state index in [0.29, 0.717) is 30.0 Å². The molecule has 0 saturated heterocycles. The molecule has 2 aromatic carbocycles. The van der Waals surface area contributed by atoms with Crippen molar-refractivity contribution < 1.29 is 19.1 Å². The van der Waals surface area contributed by atoms with Crippen LogP contribution < -0.4 is 10.1 Å². The Balaban J connectivity index is 1.96. The van der Waals surface area contributed by atoms with Gasteiger partial charge in [-0.15, -0.1) is 0 Å². The predicted molar refractivity (Wildman–Crippen MR) is 86.5 cm³/mol. The van der Waals surface area contributed by atoms with Crippen LogP contribution in [0, 0.1) is 0 Å². The Bertz CT molecular complexity index is 655. The third-order valence-corrected chi connectivity index (χ3v) is 3.17. The maximum Gasteiger partial charge on any atom is 0.305 e. The van der Waals surface area contributed by atoms with Crippen molar-refractivity contribution in [3.63, 3.8) is 0 Å². The summed E-state index contributed by atoms with van der Waals surface area (Å²) in [5.41, 5.74) is 0.453. The average molecular weight is 313 g/mol. The van der Waals surface area contributed by atoms with Crippen molar-refractivity contribution in [1.82, 2.24) is 5.32 Å². The van der Waals surface area contributed by atoms with Crippen LogP contribution in [0.3, 0.4) is 0 Å². The fourth-order valence-electron chi connectivity index (χ4n) is 1.99. The molecule has 23 heavy (non-hydrogen) atoms. The molecule has 2 aromatic rings. The second-order valence-electron chi connectivity index (χ2n) is 4.85. The van der Waals surface area contributed by atoms with Gasteiger partial charge in [0, 0.05) is 13.0 Å². The number of rotatable bonds is 7. The highest BCUT2D eigenvalue weighted by Gasteiger charge is 2.12. The normalized spacial score (nSPS) is 9.96. The van der Waals surface area contributed by atoms with Crippen LogP contribution in [-0.4, -0.2) is 25.5 Å². The summed E-state index contributed by atoms with van der Waals surface area (Å²) in [5, 5.41) is 2.78. The van der Waals surface area contributed by atoms with E-state index in [1.807, 2.05) is 36.4 Å². The van der Waals surface area contributed by atoms with Crippen LogP contribution in [0.1, 0.15) is 23.2 Å². The molecule has 1 amide bonds. The van der Waals surface area contributed by atoms with Crippen molar-refractivity contribution in [3.8, 4) is 11.5 Å². The van der Waals surface area contributed by atoms with Crippen molar-refractivity contribution in [2.24, 2.45) is 0 Å². The summed E-state index contributed by atoms with van der Waals surface area (Å²) in [6.07, 6.45) is 0.805. The van der Waals surface area contributed by atoms with Gasteiger partial charge >= 0.3 is 5.97 Å². The summed E-state index contributed by atoms with van der Waals surface area (Å²) in [6.45, 7) is 0.396. The van der Waals surface area contributed by atoms with Gasteiger partial charge in [0.25, 0.3) is 5.91 Å². The van der Waals surface area contributed by atoms with E-state index in [1.165, 1.54) is 7.11 Å². The van der Waals surface area contributed by atoms with Gasteiger partial charge in [0.15, 0.2) is 0 Å². The molecule has 5 nitrogen and oxygen atoms in total. The molecule has 120 valence electrons. The molecule has 0 aliphatic carbocycles. The molecule has 0 aromatic heterocycles. The largest absolute Gasteiger partial charge is 0.469 e. The van der Waals surface area contributed by atoms with Gasteiger partial charge in [-0.05, 0) is 30.7 Å². The minimum atomic E-state index is -0.285. The first-order chi connectivity index (χ1) is 11.2. The van der Waals surface area contributed by atoms with Gasteiger partial charge in [0.1, 0.15) is 11.5 Å². The van der Waals surface area contributed by atoms with Gasteiger partial charge in [-0.3, -0.25) is 9.59 Å². The van der Waals surface area contributed by atoms with Gasteiger partial charge in [-0.25, -0.2) is 0 Å². The quantitative estimate of drug-likeness (QED) is 0.630. The lowest BCUT2D eigenvalue weighted by Gasteiger charge is -2.11. The Kier molecular flexibility index (Phi) is 6.17. The Morgan fingerprint density at radius 1 is 1.00 bits per heavy atom. The maximum atomic E-state index is 12.3. The second kappa shape index (κ2) is 8.58. The van der Waals surface area contributed by atoms with Crippen LogP contribution in [-0.2, 0) is 9.53 Å². The molecule has 0 atom stereocenters. The number of nitrogens with one attached hydrogen (secondary N) is 1. The molecule has 5 heteroatoms. The van der Waals surface area contributed by atoms with Crippen LogP contribution in [0.4, 0.5) is 0 Å². The molecule has 0 spiro atoms. The number of carbonyl (C=O) groups excluding carboxylic acids is 2. The highest BCUT2D eigenvalue weighted by Crippen LogP contribution is 2.24. The van der Waals surface area contributed by atoms with Crippen LogP contribution >= 0.6 is 0 Å². The standard InChI is InChI=1S/C18H19NO4/c1-22-17(20)12-7-13-19-18(21)15-10-5-6-11-16(15)23-14-8-3-2-4-9-14/h2-6,8-11H,7,12-13H2,1H3,(H,19,21). The molecule has 0 fully saturated rings. The molecular weight excluding hydrogens is 294 g/mol. The number of hydrogen-bond donors (Lipinski definition) is 1. The lowest BCUT2D eigenvalue weighted by molar-refractivity contribution is -0.140. The number of ether oxygens (including phenoxy) is 2. The van der Waals surface area contributed by atoms with Crippen LogP contribution in [0.5, 0.6) is 11.5 Å². The van der Waals surface area contributed by atoms with Gasteiger partial charge in [-0.2, -0.15) is 0 Å². The molecule has 0 aliphatic rings. The number of esters is 1. The predicted octanol–water partition coefficient (Wildman–Crippen LogP) is 3.16. The fraction of sp³-hybridized carbons (Fsp3) is 0.222. The van der Waals surface area contributed by atoms with Gasteiger partial charge in [0.05, 0.1) is 12.7 Å². The van der Waals surface area contributed by atoms with Crippen LogP contribution in [0.2, 0.25) is 0 Å². The first-order valence-electron chi connectivity index (χ1n) is 7.37. The zero-order valence-electron chi connectivity index (χ0n) is 13.0. The number of carbonyl (C=O) groups is 2. The summed E-state index contributed by atoms with van der Waals surface area (Å²) >= 11 is 0. The number of hydrogen-bond acceptors (Lipinski definition) is 4. The molecular formula is C18H19NO4. The van der Waals surface area contributed by atoms with E-state index in [-0.39, 0.29) is 18.3 Å². The van der Waals surface area contributed by atoms with Crippen molar-refractivity contribution in [1.29, 1.82) is 0 Å². The minimum absolute atomic E-state index is 0.235. The Morgan fingerprint density at radius 2 is 1.70 bits per heavy atom. The number of benzene rings is 2. The van der Waals surface area contributed by atoms with Crippen LogP contribution in [0.15, 0.2) is 54.6 Å². The molecule has 0 aliphatic heterocycles. The molecule has 0 radical (unpaired) electrons. The third-order valence-electron chi connectivity index (χ3n) is 3.17. The lowest BCUT2D eigenvalue weighted by Crippen LogP contribution is -2.25. The molecule has 2 rings (SSSR count). The number of methoxy groups -OCH3 is 1. The van der Waals surface area contributed by atoms with Gasteiger partial charge in [-0.1, -0.05) is 30.3 Å². The van der Waals surface area contributed by atoms with E-state index < -0.39 is 0 Å². The highest BCUT2D eigenvalue weighted by molar-refractivity contribution is 5.97. The van der Waals surface area contributed by atoms with E-state index in [2.05, 4.69) is 10.1 Å². The minimum Gasteiger partial charge on any atom is -0.469 e. The third kappa shape index (κ3) is 5.14. The highest BCUT2D eigenvalue weighted by atomic mass is 16.5. The molecule has 1 N–H and O–H groups in total. The smallest absolute Gasteiger partial charge is 0.305 e. The Labute approximate surface area is 135 Å². The van der Waals surface area contributed by atoms with Crippen molar-refractivity contribution in [2.45, 2.75) is 12.8 Å². The molecule has 0 unspecified atom stereocenters. The molecule has 0 heterocycles. The monoisotopic (exact) mass is 313 g/mol. The summed E-state index contributed by atoms with van der Waals surface area (Å²) < 4.78 is 10.3. The van der Waals surface area contributed by atoms with Crippen molar-refractivity contribution in [2.75, 3.05) is 13.7 Å². The lowest BCUT2D eigenvalue weighted by atomic mass is 10.2. The van der Waals surface area contributed by atoms with Crippen molar-refractivity contribution >= 4 is 11.9 Å². The van der Waals surface area contributed by atoms with E-state index >= 15 is 0 Å². The Hall–Kier alpha value is -2.82. The van der Waals surface area contributed by atoms with Crippen molar-refractivity contribution in [3.05, 3.63) is 60.2 Å². The van der Waals surface area contributed by atoms with E-state index in [1.54, 1.807) is 18.2 Å². The van der Waals surface area contributed by atoms with E-state index in [4.69, 9.17) is 4.74 Å². The van der Waals surface area contributed by atoms with Gasteiger partial charge < -0.3 is 14.8 Å². The number of amides is 1. The zero-order valence-corrected chi connectivity index (χ0v) is 13.0. The first-order valence-corrected chi connectivity index (χ1v) is 7.37. The molecule has 0 saturated carbocycles. The number of para-hydroxylation sites is 2. The summed E-state index contributed by atoms with van der Waals surface area (Å²) in [6, 6.07) is 16.3. The second-order valence-corrected chi connectivity index (χ2v) is 4.85. The topological polar surface area (TPSA) is 64.6 Å². The summed E-state index contributed by atoms with van der Waals surface area (Å²) in [7, 11) is 1.35. The average Bonchev–Trinajstić information content (AvgIpc) is 2.59. The zero-order chi connectivity index (χ0) is 16.5. The van der Waals surface area contributed by atoms with E-state index in [0.717, 1.165) is 0 Å². The molecule has 0 bridgehead atoms. The maximum absolute atomic E-state index is 12.3. The van der Waals surface area contributed by atoms with Crippen LogP contribution in [0.25, 0.3) is 0 Å². The SMILES string of the molecule is COC(=O)CCCNC(=O)c1ccccc1Oc1ccccc1. The fourth-order valence-corrected chi connectivity index (χ4v) is 1.99. The summed E-state index contributed by atoms with van der Waals surface area (Å²) in [5.74, 6) is 0.635. The Morgan fingerprint density at radius 3 is 2.43 bits per heavy atom. The van der Waals surface area contributed by atoms with E-state index in [9.17, 15) is 9.59 Å². The summed E-state index contributed by atoms with van der Waals surface area (Å²) in [4.78, 5) is 23.3.